The molecule has 1 saturated heterocycles. The smallest absolute Gasteiger partial charge is 0.0384 e. The van der Waals surface area contributed by atoms with E-state index < -0.39 is 0 Å². The quantitative estimate of drug-likeness (QED) is 0.544. The van der Waals surface area contributed by atoms with Crippen molar-refractivity contribution in [3.8, 4) is 0 Å². The number of nitrogens with two attached hydrogens (primary N) is 1. The first-order chi connectivity index (χ1) is 5.14. The molecule has 66 valence electrons. The maximum Gasteiger partial charge on any atom is 0.0384 e. The second-order valence-corrected chi connectivity index (χ2v) is 4.56. The van der Waals surface area contributed by atoms with Crippen LogP contribution in [0.1, 0.15) is 6.92 Å². The Hall–Kier alpha value is 0.310. The van der Waals surface area contributed by atoms with E-state index in [0.29, 0.717) is 0 Å². The van der Waals surface area contributed by atoms with Gasteiger partial charge in [-0.1, -0.05) is 8.73 Å². The van der Waals surface area contributed by atoms with Crippen LogP contribution in [0.15, 0.2) is 0 Å². The predicted octanol–water partition coefficient (Wildman–Crippen LogP) is -0.168. The summed E-state index contributed by atoms with van der Waals surface area (Å²) in [6, 6.07) is 0. The number of rotatable bonds is 1. The van der Waals surface area contributed by atoms with Gasteiger partial charge in [-0.3, -0.25) is 4.67 Å². The minimum atomic E-state index is -0.0422. The van der Waals surface area contributed by atoms with Gasteiger partial charge in [0.25, 0.3) is 0 Å². The van der Waals surface area contributed by atoms with Crippen molar-refractivity contribution in [1.29, 1.82) is 0 Å². The van der Waals surface area contributed by atoms with E-state index in [-0.39, 0.29) is 5.54 Å². The number of hydrogen-bond donors (Lipinski definition) is 2. The van der Waals surface area contributed by atoms with Crippen molar-refractivity contribution in [3.63, 3.8) is 0 Å². The summed E-state index contributed by atoms with van der Waals surface area (Å²) >= 11 is 0. The van der Waals surface area contributed by atoms with Crippen LogP contribution in [0.3, 0.4) is 0 Å². The van der Waals surface area contributed by atoms with Crippen molar-refractivity contribution in [2.24, 2.45) is 5.73 Å². The van der Waals surface area contributed by atoms with E-state index in [4.69, 9.17) is 5.73 Å². The van der Waals surface area contributed by atoms with Crippen LogP contribution in [0.2, 0.25) is 0 Å². The minimum Gasteiger partial charge on any atom is -0.323 e. The third kappa shape index (κ3) is 3.04. The molecule has 0 aromatic carbocycles. The molecule has 1 aliphatic rings. The molecule has 3 N–H and O–H groups in total. The van der Waals surface area contributed by atoms with E-state index in [2.05, 4.69) is 23.6 Å². The topological polar surface area (TPSA) is 41.3 Å². The summed E-state index contributed by atoms with van der Waals surface area (Å²) in [4.78, 5) is 0. The fourth-order valence-corrected chi connectivity index (χ4v) is 2.20. The van der Waals surface area contributed by atoms with Crippen molar-refractivity contribution in [3.05, 3.63) is 0 Å². The highest BCUT2D eigenvalue weighted by atomic mass is 31.1. The van der Waals surface area contributed by atoms with Crippen LogP contribution in [-0.4, -0.2) is 43.1 Å². The summed E-state index contributed by atoms with van der Waals surface area (Å²) < 4.78 is 2.42. The Morgan fingerprint density at radius 3 is 3.00 bits per heavy atom. The molecule has 2 atom stereocenters. The third-order valence-corrected chi connectivity index (χ3v) is 2.97. The molecule has 0 amide bonds. The van der Waals surface area contributed by atoms with Crippen LogP contribution >= 0.6 is 8.73 Å². The van der Waals surface area contributed by atoms with E-state index in [1.807, 2.05) is 0 Å². The van der Waals surface area contributed by atoms with Gasteiger partial charge in [-0.25, -0.2) is 0 Å². The molecule has 0 aromatic heterocycles. The summed E-state index contributed by atoms with van der Waals surface area (Å²) in [5, 5.41) is 3.34. The standard InChI is InChI=1S/C7H18N3P/c1-7(8)5-9-3-4-10(6-7)11-2/h9,11H,3-6,8H2,1-2H3. The molecule has 1 aliphatic heterocycles. The Kier molecular flexibility index (Phi) is 3.26. The molecule has 2 unspecified atom stereocenters. The van der Waals surface area contributed by atoms with Crippen molar-refractivity contribution in [1.82, 2.24) is 9.99 Å². The summed E-state index contributed by atoms with van der Waals surface area (Å²) in [6.07, 6.45) is 0. The van der Waals surface area contributed by atoms with E-state index in [1.165, 1.54) is 0 Å². The Bertz CT molecular complexity index is 127. The first kappa shape index (κ1) is 9.40. The van der Waals surface area contributed by atoms with Gasteiger partial charge < -0.3 is 11.1 Å². The molecule has 0 aromatic rings. The molecule has 3 nitrogen and oxygen atoms in total. The zero-order chi connectivity index (χ0) is 8.32. The lowest BCUT2D eigenvalue weighted by molar-refractivity contribution is 0.375. The Labute approximate surface area is 70.5 Å². The summed E-state index contributed by atoms with van der Waals surface area (Å²) in [6.45, 7) is 8.50. The van der Waals surface area contributed by atoms with Crippen molar-refractivity contribution in [2.75, 3.05) is 32.8 Å². The maximum atomic E-state index is 6.04. The lowest BCUT2D eigenvalue weighted by atomic mass is 10.1. The zero-order valence-corrected chi connectivity index (χ0v) is 8.35. The third-order valence-electron chi connectivity index (χ3n) is 1.96. The number of nitrogens with one attached hydrogen (secondary N) is 1. The largest absolute Gasteiger partial charge is 0.323 e. The fourth-order valence-electron chi connectivity index (χ4n) is 1.35. The molecular weight excluding hydrogens is 157 g/mol. The lowest BCUT2D eigenvalue weighted by Crippen LogP contribution is -2.49. The Morgan fingerprint density at radius 2 is 2.36 bits per heavy atom. The van der Waals surface area contributed by atoms with Gasteiger partial charge in [-0.05, 0) is 13.6 Å². The first-order valence-electron chi connectivity index (χ1n) is 4.06. The van der Waals surface area contributed by atoms with Crippen LogP contribution < -0.4 is 11.1 Å². The molecule has 0 spiro atoms. The van der Waals surface area contributed by atoms with Crippen LogP contribution in [0.4, 0.5) is 0 Å². The van der Waals surface area contributed by atoms with Gasteiger partial charge in [0, 0.05) is 31.7 Å². The number of hydrogen-bond acceptors (Lipinski definition) is 3. The van der Waals surface area contributed by atoms with E-state index in [1.54, 1.807) is 0 Å². The van der Waals surface area contributed by atoms with Gasteiger partial charge in [0.2, 0.25) is 0 Å². The van der Waals surface area contributed by atoms with Gasteiger partial charge in [-0.2, -0.15) is 0 Å². The second-order valence-electron chi connectivity index (χ2n) is 3.48. The summed E-state index contributed by atoms with van der Waals surface area (Å²) in [5.74, 6) is 0. The minimum absolute atomic E-state index is 0.0422. The van der Waals surface area contributed by atoms with Gasteiger partial charge >= 0.3 is 0 Å². The number of nitrogens with zero attached hydrogens (tertiary/aromatic N) is 1. The molecule has 11 heavy (non-hydrogen) atoms. The van der Waals surface area contributed by atoms with Gasteiger partial charge in [0.1, 0.15) is 0 Å². The molecule has 0 aliphatic carbocycles. The predicted molar refractivity (Wildman–Crippen MR) is 51.3 cm³/mol. The SMILES string of the molecule is CPN1CCNCC(C)(N)C1. The monoisotopic (exact) mass is 175 g/mol. The van der Waals surface area contributed by atoms with E-state index in [9.17, 15) is 0 Å². The summed E-state index contributed by atoms with van der Waals surface area (Å²) in [5.41, 5.74) is 6.00. The molecule has 1 fully saturated rings. The summed E-state index contributed by atoms with van der Waals surface area (Å²) in [7, 11) is 0.883. The van der Waals surface area contributed by atoms with Gasteiger partial charge in [0.05, 0.1) is 0 Å². The Morgan fingerprint density at radius 1 is 1.64 bits per heavy atom. The van der Waals surface area contributed by atoms with Crippen LogP contribution in [0, 0.1) is 0 Å². The van der Waals surface area contributed by atoms with Crippen molar-refractivity contribution < 1.29 is 0 Å². The molecular formula is C7H18N3P. The highest BCUT2D eigenvalue weighted by Gasteiger charge is 2.23. The highest BCUT2D eigenvalue weighted by Crippen LogP contribution is 2.16. The van der Waals surface area contributed by atoms with Crippen molar-refractivity contribution >= 4 is 8.73 Å². The van der Waals surface area contributed by atoms with Gasteiger partial charge in [0.15, 0.2) is 0 Å². The average molecular weight is 175 g/mol. The molecule has 0 radical (unpaired) electrons. The zero-order valence-electron chi connectivity index (χ0n) is 7.35. The molecule has 4 heteroatoms. The molecule has 1 rings (SSSR count). The van der Waals surface area contributed by atoms with Crippen LogP contribution in [0.5, 0.6) is 0 Å². The van der Waals surface area contributed by atoms with E-state index >= 15 is 0 Å². The fraction of sp³-hybridized carbons (Fsp3) is 1.00. The molecule has 0 saturated carbocycles. The van der Waals surface area contributed by atoms with E-state index in [0.717, 1.165) is 34.9 Å². The lowest BCUT2D eigenvalue weighted by Gasteiger charge is -2.27. The normalized spacial score (nSPS) is 36.3. The van der Waals surface area contributed by atoms with Crippen LogP contribution in [-0.2, 0) is 0 Å². The Balaban J connectivity index is 2.47. The second kappa shape index (κ2) is 3.81. The van der Waals surface area contributed by atoms with Crippen LogP contribution in [0.25, 0.3) is 0 Å². The maximum absolute atomic E-state index is 6.04. The molecule has 1 heterocycles. The van der Waals surface area contributed by atoms with Gasteiger partial charge in [-0.15, -0.1) is 0 Å². The average Bonchev–Trinajstić information content (AvgIpc) is 2.10. The van der Waals surface area contributed by atoms with Crippen molar-refractivity contribution in [2.45, 2.75) is 12.5 Å². The highest BCUT2D eigenvalue weighted by molar-refractivity contribution is 7.34. The first-order valence-corrected chi connectivity index (χ1v) is 5.51. The molecule has 0 bridgehead atoms.